The summed E-state index contributed by atoms with van der Waals surface area (Å²) >= 11 is 0. The van der Waals surface area contributed by atoms with Gasteiger partial charge in [0.2, 0.25) is 0 Å². The van der Waals surface area contributed by atoms with Gasteiger partial charge in [-0.05, 0) is 52.6 Å². The van der Waals surface area contributed by atoms with E-state index in [0.717, 1.165) is 39.1 Å². The molecule has 0 unspecified atom stereocenters. The first-order valence-electron chi connectivity index (χ1n) is 15.2. The minimum atomic E-state index is -0.0740. The van der Waals surface area contributed by atoms with Crippen molar-refractivity contribution in [3.8, 4) is 39.3 Å². The molecule has 3 heteroatoms. The Hall–Kier alpha value is -5.54. The van der Waals surface area contributed by atoms with Gasteiger partial charge in [0, 0.05) is 27.3 Å². The normalized spacial score (nSPS) is 13.4. The molecule has 0 amide bonds. The predicted molar refractivity (Wildman–Crippen MR) is 182 cm³/mol. The molecule has 6 aromatic carbocycles. The summed E-state index contributed by atoms with van der Waals surface area (Å²) in [6.45, 7) is 4.69. The molecule has 0 N–H and O–H groups in total. The van der Waals surface area contributed by atoms with Crippen LogP contribution in [0.3, 0.4) is 0 Å². The van der Waals surface area contributed by atoms with Gasteiger partial charge >= 0.3 is 0 Å². The van der Waals surface area contributed by atoms with Gasteiger partial charge in [-0.1, -0.05) is 123 Å². The number of rotatable bonds is 3. The summed E-state index contributed by atoms with van der Waals surface area (Å²) in [6.07, 6.45) is 0. The lowest BCUT2D eigenvalue weighted by Gasteiger charge is -2.34. The van der Waals surface area contributed by atoms with E-state index in [4.69, 9.17) is 9.97 Å². The zero-order valence-electron chi connectivity index (χ0n) is 24.6. The van der Waals surface area contributed by atoms with E-state index in [9.17, 15) is 0 Å². The summed E-state index contributed by atoms with van der Waals surface area (Å²) in [5.74, 6) is 0. The first-order chi connectivity index (χ1) is 21.6. The summed E-state index contributed by atoms with van der Waals surface area (Å²) in [6, 6.07) is 49.7. The van der Waals surface area contributed by atoms with Crippen LogP contribution in [0.25, 0.3) is 72.2 Å². The van der Waals surface area contributed by atoms with Crippen LogP contribution >= 0.6 is 0 Å². The number of nitrogens with zero attached hydrogens (tertiary/aromatic N) is 3. The zero-order valence-corrected chi connectivity index (χ0v) is 24.6. The third kappa shape index (κ3) is 3.56. The molecular weight excluding hydrogens is 534 g/mol. The quantitative estimate of drug-likeness (QED) is 0.214. The molecule has 3 heterocycles. The summed E-state index contributed by atoms with van der Waals surface area (Å²) in [5, 5.41) is 2.56. The second kappa shape index (κ2) is 9.23. The summed E-state index contributed by atoms with van der Waals surface area (Å²) in [7, 11) is 0. The Morgan fingerprint density at radius 3 is 1.84 bits per heavy atom. The number of fused-ring (bicyclic) bond motifs is 6. The lowest BCUT2D eigenvalue weighted by atomic mass is 9.75. The molecule has 0 radical (unpaired) electrons. The van der Waals surface area contributed by atoms with Crippen LogP contribution in [0.5, 0.6) is 0 Å². The second-order valence-electron chi connectivity index (χ2n) is 12.3. The molecular formula is C41H29N3. The maximum absolute atomic E-state index is 5.23. The Kier molecular flexibility index (Phi) is 5.24. The van der Waals surface area contributed by atoms with E-state index >= 15 is 0 Å². The predicted octanol–water partition coefficient (Wildman–Crippen LogP) is 10.4. The summed E-state index contributed by atoms with van der Waals surface area (Å²) in [5.41, 5.74) is 14.5. The molecule has 44 heavy (non-hydrogen) atoms. The minimum Gasteiger partial charge on any atom is -0.309 e. The van der Waals surface area contributed by atoms with E-state index in [-0.39, 0.29) is 5.41 Å². The highest BCUT2D eigenvalue weighted by Gasteiger charge is 2.34. The van der Waals surface area contributed by atoms with E-state index in [1.54, 1.807) is 0 Å². The monoisotopic (exact) mass is 563 g/mol. The fourth-order valence-corrected chi connectivity index (χ4v) is 7.17. The van der Waals surface area contributed by atoms with E-state index in [1.807, 2.05) is 12.1 Å². The molecule has 208 valence electrons. The van der Waals surface area contributed by atoms with E-state index in [1.165, 1.54) is 44.2 Å². The van der Waals surface area contributed by atoms with Gasteiger partial charge in [0.1, 0.15) is 0 Å². The molecule has 8 aromatic rings. The Labute approximate surface area is 256 Å². The van der Waals surface area contributed by atoms with Crippen LogP contribution in [0.15, 0.2) is 140 Å². The Bertz CT molecular complexity index is 2400. The van der Waals surface area contributed by atoms with E-state index < -0.39 is 0 Å². The van der Waals surface area contributed by atoms with Crippen LogP contribution < -0.4 is 0 Å². The number of aromatic nitrogens is 3. The first kappa shape index (κ1) is 25.0. The molecule has 0 spiro atoms. The molecule has 0 bridgehead atoms. The molecule has 1 aliphatic rings. The lowest BCUT2D eigenvalue weighted by Crippen LogP contribution is -2.26. The third-order valence-electron chi connectivity index (χ3n) is 9.37. The molecule has 0 saturated heterocycles. The van der Waals surface area contributed by atoms with Crippen molar-refractivity contribution in [2.24, 2.45) is 0 Å². The topological polar surface area (TPSA) is 30.7 Å². The standard InChI is InChI=1S/C41H29N3/c1-41(2)32-17-9-10-19-37(32)44-36-23-21-28(24-31(36)30-16-11-18-33(41)40(30)44)29-20-22-34-35(25-29)43-39(27-14-7-4-8-15-27)38(42-34)26-12-5-3-6-13-26/h3-25H,1-2H3. The molecule has 0 atom stereocenters. The Morgan fingerprint density at radius 1 is 0.477 bits per heavy atom. The number of benzene rings is 6. The zero-order chi connectivity index (χ0) is 29.4. The molecule has 1 aliphatic heterocycles. The summed E-state index contributed by atoms with van der Waals surface area (Å²) < 4.78 is 2.47. The van der Waals surface area contributed by atoms with Crippen LogP contribution in [0.2, 0.25) is 0 Å². The molecule has 0 aliphatic carbocycles. The van der Waals surface area contributed by atoms with Crippen LogP contribution in [0.4, 0.5) is 0 Å². The van der Waals surface area contributed by atoms with Gasteiger partial charge in [-0.15, -0.1) is 0 Å². The molecule has 0 fully saturated rings. The Balaban J connectivity index is 1.25. The van der Waals surface area contributed by atoms with Gasteiger partial charge < -0.3 is 4.57 Å². The van der Waals surface area contributed by atoms with Gasteiger partial charge in [0.15, 0.2) is 0 Å². The SMILES string of the molecule is CC1(C)c2ccccc2-n2c3ccc(-c4ccc5nc(-c6ccccc6)c(-c6ccccc6)nc5c4)cc3c3cccc1c32. The fraction of sp³-hybridized carbons (Fsp3) is 0.0732. The first-order valence-corrected chi connectivity index (χ1v) is 15.2. The highest BCUT2D eigenvalue weighted by atomic mass is 15.0. The maximum atomic E-state index is 5.23. The minimum absolute atomic E-state index is 0.0740. The molecule has 0 saturated carbocycles. The number of para-hydroxylation sites is 2. The second-order valence-corrected chi connectivity index (χ2v) is 12.3. The van der Waals surface area contributed by atoms with Crippen LogP contribution in [0.1, 0.15) is 25.0 Å². The van der Waals surface area contributed by atoms with Crippen molar-refractivity contribution in [3.05, 3.63) is 151 Å². The van der Waals surface area contributed by atoms with Crippen LogP contribution in [-0.2, 0) is 5.41 Å². The summed E-state index contributed by atoms with van der Waals surface area (Å²) in [4.78, 5) is 10.4. The van der Waals surface area contributed by atoms with Gasteiger partial charge in [0.05, 0.1) is 39.1 Å². The molecule has 3 nitrogen and oxygen atoms in total. The highest BCUT2D eigenvalue weighted by molar-refractivity contribution is 6.12. The fourth-order valence-electron chi connectivity index (χ4n) is 7.17. The van der Waals surface area contributed by atoms with Gasteiger partial charge in [0.25, 0.3) is 0 Å². The average Bonchev–Trinajstić information content (AvgIpc) is 3.41. The van der Waals surface area contributed by atoms with Crippen LogP contribution in [0, 0.1) is 0 Å². The average molecular weight is 564 g/mol. The smallest absolute Gasteiger partial charge is 0.0973 e. The largest absolute Gasteiger partial charge is 0.309 e. The molecule has 2 aromatic heterocycles. The van der Waals surface area contributed by atoms with Gasteiger partial charge in [-0.3, -0.25) is 0 Å². The molecule has 9 rings (SSSR count). The Morgan fingerprint density at radius 2 is 1.09 bits per heavy atom. The van der Waals surface area contributed by atoms with Crippen molar-refractivity contribution in [2.45, 2.75) is 19.3 Å². The van der Waals surface area contributed by atoms with E-state index in [2.05, 4.69) is 146 Å². The third-order valence-corrected chi connectivity index (χ3v) is 9.37. The van der Waals surface area contributed by atoms with Crippen molar-refractivity contribution in [1.82, 2.24) is 14.5 Å². The van der Waals surface area contributed by atoms with E-state index in [0.29, 0.717) is 0 Å². The van der Waals surface area contributed by atoms with Gasteiger partial charge in [-0.25, -0.2) is 9.97 Å². The van der Waals surface area contributed by atoms with Crippen molar-refractivity contribution in [1.29, 1.82) is 0 Å². The number of hydrogen-bond acceptors (Lipinski definition) is 2. The van der Waals surface area contributed by atoms with Gasteiger partial charge in [-0.2, -0.15) is 0 Å². The highest BCUT2D eigenvalue weighted by Crippen LogP contribution is 2.47. The van der Waals surface area contributed by atoms with Crippen molar-refractivity contribution in [2.75, 3.05) is 0 Å². The van der Waals surface area contributed by atoms with Crippen LogP contribution in [-0.4, -0.2) is 14.5 Å². The van der Waals surface area contributed by atoms with Crippen molar-refractivity contribution < 1.29 is 0 Å². The lowest BCUT2D eigenvalue weighted by molar-refractivity contribution is 0.630. The van der Waals surface area contributed by atoms with Crippen molar-refractivity contribution >= 4 is 32.8 Å². The number of hydrogen-bond donors (Lipinski definition) is 0. The van der Waals surface area contributed by atoms with Crippen molar-refractivity contribution in [3.63, 3.8) is 0 Å². The maximum Gasteiger partial charge on any atom is 0.0973 e.